The summed E-state index contributed by atoms with van der Waals surface area (Å²) in [6.07, 6.45) is 3.74. The first-order chi connectivity index (χ1) is 13.1. The molecule has 0 aliphatic carbocycles. The number of rotatable bonds is 3. The second-order valence-corrected chi connectivity index (χ2v) is 6.34. The zero-order valence-electron chi connectivity index (χ0n) is 14.4. The third kappa shape index (κ3) is 3.65. The van der Waals surface area contributed by atoms with Crippen LogP contribution in [0.1, 0.15) is 16.8 Å². The normalized spacial score (nSPS) is 13.8. The van der Waals surface area contributed by atoms with Gasteiger partial charge in [0.25, 0.3) is 0 Å². The maximum absolute atomic E-state index is 13.1. The predicted octanol–water partition coefficient (Wildman–Crippen LogP) is 4.22. The average Bonchev–Trinajstić information content (AvgIpc) is 3.11. The van der Waals surface area contributed by atoms with Gasteiger partial charge in [-0.15, -0.1) is 0 Å². The second-order valence-electron chi connectivity index (χ2n) is 6.34. The van der Waals surface area contributed by atoms with Gasteiger partial charge in [-0.2, -0.15) is 0 Å². The van der Waals surface area contributed by atoms with Gasteiger partial charge < -0.3 is 9.42 Å². The fourth-order valence-electron chi connectivity index (χ4n) is 3.09. The smallest absolute Gasteiger partial charge is 0.246 e. The van der Waals surface area contributed by atoms with E-state index in [9.17, 15) is 13.6 Å². The van der Waals surface area contributed by atoms with Gasteiger partial charge in [-0.3, -0.25) is 4.79 Å². The van der Waals surface area contributed by atoms with E-state index in [2.05, 4.69) is 5.16 Å². The quantitative estimate of drug-likeness (QED) is 0.652. The minimum atomic E-state index is -0.315. The van der Waals surface area contributed by atoms with Crippen LogP contribution in [-0.2, 0) is 17.8 Å². The Bertz CT molecular complexity index is 992. The predicted molar refractivity (Wildman–Crippen MR) is 96.5 cm³/mol. The number of nitrogens with zero attached hydrogens (tertiary/aromatic N) is 2. The highest BCUT2D eigenvalue weighted by molar-refractivity contribution is 5.92. The first-order valence-electron chi connectivity index (χ1n) is 8.56. The van der Waals surface area contributed by atoms with Gasteiger partial charge in [-0.05, 0) is 54.5 Å². The Hall–Kier alpha value is -3.28. The molecular formula is C21H16F2N2O2. The molecule has 4 nitrogen and oxygen atoms in total. The van der Waals surface area contributed by atoms with Crippen LogP contribution in [-0.4, -0.2) is 22.5 Å². The number of aromatic nitrogens is 1. The molecule has 6 heteroatoms. The summed E-state index contributed by atoms with van der Waals surface area (Å²) in [5.74, 6) is -0.142. The first-order valence-corrected chi connectivity index (χ1v) is 8.56. The number of hydrogen-bond acceptors (Lipinski definition) is 3. The molecule has 2 heterocycles. The van der Waals surface area contributed by atoms with Crippen molar-refractivity contribution in [2.24, 2.45) is 0 Å². The molecule has 3 aromatic rings. The van der Waals surface area contributed by atoms with Crippen molar-refractivity contribution in [3.63, 3.8) is 0 Å². The molecule has 1 aliphatic rings. The van der Waals surface area contributed by atoms with Gasteiger partial charge in [0, 0.05) is 23.7 Å². The van der Waals surface area contributed by atoms with Crippen LogP contribution in [0, 0.1) is 11.6 Å². The maximum atomic E-state index is 13.1. The number of amides is 1. The molecule has 4 rings (SSSR count). The first kappa shape index (κ1) is 17.1. The molecule has 1 aromatic heterocycles. The summed E-state index contributed by atoms with van der Waals surface area (Å²) in [6.45, 7) is 0.890. The summed E-state index contributed by atoms with van der Waals surface area (Å²) in [4.78, 5) is 14.1. The molecule has 0 bridgehead atoms. The van der Waals surface area contributed by atoms with Gasteiger partial charge in [-0.25, -0.2) is 8.78 Å². The molecule has 0 radical (unpaired) electrons. The Balaban J connectivity index is 1.48. The van der Waals surface area contributed by atoms with E-state index in [1.807, 2.05) is 0 Å². The minimum Gasteiger partial charge on any atom is -0.356 e. The summed E-state index contributed by atoms with van der Waals surface area (Å²) in [5, 5.41) is 4.09. The van der Waals surface area contributed by atoms with Crippen molar-refractivity contribution in [3.05, 3.63) is 83.1 Å². The van der Waals surface area contributed by atoms with Crippen molar-refractivity contribution in [1.82, 2.24) is 10.1 Å². The molecule has 1 aliphatic heterocycles. The van der Waals surface area contributed by atoms with Crippen molar-refractivity contribution >= 4 is 12.0 Å². The lowest BCUT2D eigenvalue weighted by atomic mass is 10.0. The summed E-state index contributed by atoms with van der Waals surface area (Å²) in [7, 11) is 0. The maximum Gasteiger partial charge on any atom is 0.246 e. The monoisotopic (exact) mass is 366 g/mol. The van der Waals surface area contributed by atoms with Crippen LogP contribution >= 0.6 is 0 Å². The Labute approximate surface area is 154 Å². The van der Waals surface area contributed by atoms with Crippen molar-refractivity contribution < 1.29 is 18.1 Å². The lowest BCUT2D eigenvalue weighted by molar-refractivity contribution is -0.126. The molecule has 0 N–H and O–H groups in total. The van der Waals surface area contributed by atoms with E-state index in [0.29, 0.717) is 31.0 Å². The highest BCUT2D eigenvalue weighted by Crippen LogP contribution is 2.30. The molecule has 27 heavy (non-hydrogen) atoms. The molecule has 0 unspecified atom stereocenters. The van der Waals surface area contributed by atoms with Crippen LogP contribution in [0.5, 0.6) is 0 Å². The summed E-state index contributed by atoms with van der Waals surface area (Å²) in [6, 6.07) is 12.0. The molecular weight excluding hydrogens is 350 g/mol. The van der Waals surface area contributed by atoms with Crippen LogP contribution in [0.3, 0.4) is 0 Å². The fourth-order valence-corrected chi connectivity index (χ4v) is 3.09. The topological polar surface area (TPSA) is 46.3 Å². The van der Waals surface area contributed by atoms with E-state index >= 15 is 0 Å². The lowest BCUT2D eigenvalue weighted by Gasteiger charge is -2.24. The van der Waals surface area contributed by atoms with Crippen LogP contribution in [0.2, 0.25) is 0 Å². The number of fused-ring (bicyclic) bond motifs is 1. The van der Waals surface area contributed by atoms with Crippen molar-refractivity contribution in [3.8, 4) is 11.3 Å². The molecule has 0 spiro atoms. The van der Waals surface area contributed by atoms with Crippen LogP contribution in [0.15, 0.2) is 59.1 Å². The summed E-state index contributed by atoms with van der Waals surface area (Å²) in [5.41, 5.74) is 3.18. The van der Waals surface area contributed by atoms with Gasteiger partial charge in [0.2, 0.25) is 5.91 Å². The Kier molecular flexibility index (Phi) is 4.54. The molecule has 0 saturated carbocycles. The van der Waals surface area contributed by atoms with Gasteiger partial charge in [0.15, 0.2) is 5.76 Å². The van der Waals surface area contributed by atoms with Gasteiger partial charge in [0.05, 0.1) is 6.54 Å². The molecule has 136 valence electrons. The number of carbonyl (C=O) groups excluding carboxylic acids is 1. The van der Waals surface area contributed by atoms with Gasteiger partial charge in [0.1, 0.15) is 17.3 Å². The number of halogens is 2. The van der Waals surface area contributed by atoms with Gasteiger partial charge >= 0.3 is 0 Å². The Morgan fingerprint density at radius 1 is 1.04 bits per heavy atom. The highest BCUT2D eigenvalue weighted by Gasteiger charge is 2.26. The standard InChI is InChI=1S/C21H16F2N2O2/c22-16-6-1-14(2-7-16)3-10-20(26)25-12-11-18-19(13-25)24-27-21(18)15-4-8-17(23)9-5-15/h1-10H,11-13H2/b10-3+. The Morgan fingerprint density at radius 3 is 2.41 bits per heavy atom. The van der Waals surface area contributed by atoms with Crippen LogP contribution in [0.4, 0.5) is 8.78 Å². The van der Waals surface area contributed by atoms with E-state index in [0.717, 1.165) is 16.7 Å². The number of hydrogen-bond donors (Lipinski definition) is 0. The average molecular weight is 366 g/mol. The van der Waals surface area contributed by atoms with Crippen LogP contribution in [0.25, 0.3) is 17.4 Å². The van der Waals surface area contributed by atoms with Gasteiger partial charge in [-0.1, -0.05) is 17.3 Å². The largest absolute Gasteiger partial charge is 0.356 e. The molecule has 2 aromatic carbocycles. The SMILES string of the molecule is O=C(/C=C/c1ccc(F)cc1)N1CCc2c(noc2-c2ccc(F)cc2)C1. The fraction of sp³-hybridized carbons (Fsp3) is 0.143. The molecule has 1 amide bonds. The summed E-state index contributed by atoms with van der Waals surface area (Å²) >= 11 is 0. The van der Waals surface area contributed by atoms with E-state index in [1.54, 1.807) is 35.2 Å². The number of carbonyl (C=O) groups is 1. The minimum absolute atomic E-state index is 0.142. The molecule has 0 atom stereocenters. The molecule has 0 saturated heterocycles. The zero-order valence-corrected chi connectivity index (χ0v) is 14.4. The third-order valence-corrected chi connectivity index (χ3v) is 4.55. The van der Waals surface area contributed by atoms with Crippen molar-refractivity contribution in [1.29, 1.82) is 0 Å². The van der Waals surface area contributed by atoms with E-state index < -0.39 is 0 Å². The summed E-state index contributed by atoms with van der Waals surface area (Å²) < 4.78 is 31.5. The number of benzene rings is 2. The van der Waals surface area contributed by atoms with Crippen molar-refractivity contribution in [2.45, 2.75) is 13.0 Å². The highest BCUT2D eigenvalue weighted by atomic mass is 19.1. The second kappa shape index (κ2) is 7.15. The van der Waals surface area contributed by atoms with Crippen LogP contribution < -0.4 is 0 Å². The van der Waals surface area contributed by atoms with E-state index in [-0.39, 0.29) is 17.5 Å². The third-order valence-electron chi connectivity index (χ3n) is 4.55. The van der Waals surface area contributed by atoms with Crippen molar-refractivity contribution in [2.75, 3.05) is 6.54 Å². The van der Waals surface area contributed by atoms with E-state index in [4.69, 9.17) is 4.52 Å². The molecule has 0 fully saturated rings. The zero-order chi connectivity index (χ0) is 18.8. The van der Waals surface area contributed by atoms with E-state index in [1.165, 1.54) is 30.3 Å². The Morgan fingerprint density at radius 2 is 1.70 bits per heavy atom. The lowest BCUT2D eigenvalue weighted by Crippen LogP contribution is -2.34.